The number of carbonyl (C=O) groups is 2. The Balaban J connectivity index is 1.24. The Bertz CT molecular complexity index is 1410. The first kappa shape index (κ1) is 28.4. The van der Waals surface area contributed by atoms with Crippen LogP contribution in [0.3, 0.4) is 0 Å². The van der Waals surface area contributed by atoms with Gasteiger partial charge in [-0.15, -0.1) is 5.10 Å². The Morgan fingerprint density at radius 3 is 2.74 bits per heavy atom. The van der Waals surface area contributed by atoms with Crippen LogP contribution in [0.5, 0.6) is 0 Å². The number of piperidine rings is 2. The molecule has 10 heteroatoms. The maximum Gasteiger partial charge on any atom is 0.341 e. The Kier molecular flexibility index (Phi) is 8.31. The van der Waals surface area contributed by atoms with E-state index >= 15 is 0 Å². The number of hydrogen-bond donors (Lipinski definition) is 0. The zero-order valence-corrected chi connectivity index (χ0v) is 25.1. The normalized spacial score (nSPS) is 24.1. The second-order valence-electron chi connectivity index (χ2n) is 12.1. The number of urea groups is 1. The van der Waals surface area contributed by atoms with Crippen LogP contribution in [0, 0.1) is 0 Å². The number of aryl methyl sites for hydroxylation is 1. The van der Waals surface area contributed by atoms with Gasteiger partial charge in [-0.2, -0.15) is 5.10 Å². The fourth-order valence-electron chi connectivity index (χ4n) is 7.05. The number of aromatic nitrogens is 5. The second-order valence-corrected chi connectivity index (χ2v) is 12.1. The third kappa shape index (κ3) is 5.68. The third-order valence-electron chi connectivity index (χ3n) is 9.22. The second kappa shape index (κ2) is 12.3. The van der Waals surface area contributed by atoms with Crippen molar-refractivity contribution in [3.8, 4) is 5.69 Å². The molecule has 2 aliphatic heterocycles. The molecule has 224 valence electrons. The summed E-state index contributed by atoms with van der Waals surface area (Å²) in [5.41, 5.74) is 4.44. The van der Waals surface area contributed by atoms with Crippen LogP contribution in [0.1, 0.15) is 110 Å². The maximum absolute atomic E-state index is 13.7. The van der Waals surface area contributed by atoms with Crippen LogP contribution in [-0.2, 0) is 11.8 Å². The van der Waals surface area contributed by atoms with Gasteiger partial charge in [-0.05, 0) is 69.6 Å². The number of likely N-dealkylation sites (tertiary alicyclic amines) is 2. The molecule has 1 aliphatic carbocycles. The molecule has 3 fully saturated rings. The minimum absolute atomic E-state index is 0.107. The highest BCUT2D eigenvalue weighted by Gasteiger charge is 2.46. The molecule has 0 N–H and O–H groups in total. The topological polar surface area (TPSA) is 98.4 Å². The van der Waals surface area contributed by atoms with Crippen LogP contribution in [-0.4, -0.2) is 78.9 Å². The van der Waals surface area contributed by atoms with Crippen LogP contribution in [0.2, 0.25) is 0 Å². The molecule has 6 rings (SSSR count). The van der Waals surface area contributed by atoms with Crippen molar-refractivity contribution in [1.29, 1.82) is 0 Å². The molecule has 2 unspecified atom stereocenters. The van der Waals surface area contributed by atoms with Crippen molar-refractivity contribution in [3.63, 3.8) is 0 Å². The number of rotatable bonds is 8. The summed E-state index contributed by atoms with van der Waals surface area (Å²) in [6, 6.07) is 9.05. The number of ether oxygens (including phenoxy) is 1. The Labute approximate surface area is 248 Å². The minimum Gasteiger partial charge on any atom is -0.462 e. The number of amides is 2. The van der Waals surface area contributed by atoms with Crippen LogP contribution in [0.15, 0.2) is 36.7 Å². The van der Waals surface area contributed by atoms with Crippen molar-refractivity contribution in [2.24, 2.45) is 7.05 Å². The molecule has 0 radical (unpaired) electrons. The first-order valence-corrected chi connectivity index (χ1v) is 15.8. The lowest BCUT2D eigenvalue weighted by Crippen LogP contribution is -2.52. The van der Waals surface area contributed by atoms with Gasteiger partial charge in [0.1, 0.15) is 5.56 Å². The number of carbonyl (C=O) groups excluding carboxylic acids is 2. The van der Waals surface area contributed by atoms with Crippen molar-refractivity contribution in [3.05, 3.63) is 59.2 Å². The largest absolute Gasteiger partial charge is 0.462 e. The zero-order chi connectivity index (χ0) is 29.2. The highest BCUT2D eigenvalue weighted by atomic mass is 16.5. The van der Waals surface area contributed by atoms with E-state index in [0.29, 0.717) is 18.2 Å². The van der Waals surface area contributed by atoms with Gasteiger partial charge in [0.25, 0.3) is 0 Å². The van der Waals surface area contributed by atoms with E-state index in [1.807, 2.05) is 30.9 Å². The summed E-state index contributed by atoms with van der Waals surface area (Å²) in [4.78, 5) is 30.9. The number of esters is 1. The molecule has 3 aliphatic rings. The molecule has 1 saturated carbocycles. The third-order valence-corrected chi connectivity index (χ3v) is 9.22. The molecule has 2 amide bonds. The van der Waals surface area contributed by atoms with Gasteiger partial charge < -0.3 is 14.5 Å². The molecule has 2 saturated heterocycles. The van der Waals surface area contributed by atoms with E-state index in [9.17, 15) is 9.59 Å². The van der Waals surface area contributed by atoms with Gasteiger partial charge in [-0.1, -0.05) is 30.7 Å². The van der Waals surface area contributed by atoms with Crippen LogP contribution < -0.4 is 0 Å². The molecule has 0 spiro atoms. The molecule has 42 heavy (non-hydrogen) atoms. The fourth-order valence-corrected chi connectivity index (χ4v) is 7.05. The molecular weight excluding hydrogens is 530 g/mol. The lowest BCUT2D eigenvalue weighted by Gasteiger charge is -2.41. The average molecular weight is 574 g/mol. The first-order chi connectivity index (χ1) is 20.5. The predicted octanol–water partition coefficient (Wildman–Crippen LogP) is 5.40. The van der Waals surface area contributed by atoms with Gasteiger partial charge in [-0.25, -0.2) is 14.3 Å². The van der Waals surface area contributed by atoms with Crippen LogP contribution >= 0.6 is 0 Å². The fraction of sp³-hybridized carbons (Fsp3) is 0.594. The Hall–Kier alpha value is -3.69. The molecule has 1 aromatic carbocycles. The van der Waals surface area contributed by atoms with E-state index < -0.39 is 0 Å². The highest BCUT2D eigenvalue weighted by Crippen LogP contribution is 2.55. The van der Waals surface area contributed by atoms with E-state index in [1.165, 1.54) is 12.0 Å². The molecular formula is C32H43N7O3. The first-order valence-electron chi connectivity index (χ1n) is 15.8. The molecule has 3 aromatic rings. The SMILES string of the molecule is CCCC1CCCCN1C(=O)N1CCCC(c2cccc(-n3ncc(C(=O)OCC)c3[C@@H]3C[C@H]3c3cn(C)nn3)c2)C1. The molecule has 0 bridgehead atoms. The minimum atomic E-state index is -0.347. The highest BCUT2D eigenvalue weighted by molar-refractivity contribution is 5.91. The van der Waals surface area contributed by atoms with Crippen LogP contribution in [0.4, 0.5) is 4.79 Å². The molecule has 4 heterocycles. The lowest BCUT2D eigenvalue weighted by molar-refractivity contribution is 0.0525. The summed E-state index contributed by atoms with van der Waals surface area (Å²) in [5.74, 6) is 0.208. The van der Waals surface area contributed by atoms with Crippen molar-refractivity contribution in [1.82, 2.24) is 34.6 Å². The molecule has 2 aromatic heterocycles. The summed E-state index contributed by atoms with van der Waals surface area (Å²) in [6.45, 7) is 6.77. The van der Waals surface area contributed by atoms with Crippen molar-refractivity contribution in [2.45, 2.75) is 89.0 Å². The van der Waals surface area contributed by atoms with Crippen LogP contribution in [0.25, 0.3) is 5.69 Å². The van der Waals surface area contributed by atoms with Crippen molar-refractivity contribution >= 4 is 12.0 Å². The quantitative estimate of drug-likeness (QED) is 0.335. The summed E-state index contributed by atoms with van der Waals surface area (Å²) in [6.07, 6.45) is 12.1. The summed E-state index contributed by atoms with van der Waals surface area (Å²) in [5, 5.41) is 13.1. The summed E-state index contributed by atoms with van der Waals surface area (Å²) < 4.78 is 9.02. The summed E-state index contributed by atoms with van der Waals surface area (Å²) in [7, 11) is 1.86. The van der Waals surface area contributed by atoms with Gasteiger partial charge in [0.2, 0.25) is 0 Å². The molecule has 4 atom stereocenters. The zero-order valence-electron chi connectivity index (χ0n) is 25.1. The van der Waals surface area contributed by atoms with Gasteiger partial charge >= 0.3 is 12.0 Å². The number of nitrogens with zero attached hydrogens (tertiary/aromatic N) is 7. The van der Waals surface area contributed by atoms with Gasteiger partial charge in [0.05, 0.1) is 29.9 Å². The lowest BCUT2D eigenvalue weighted by atomic mass is 9.90. The molecule has 10 nitrogen and oxygen atoms in total. The smallest absolute Gasteiger partial charge is 0.341 e. The van der Waals surface area contributed by atoms with E-state index in [-0.39, 0.29) is 29.8 Å². The predicted molar refractivity (Wildman–Crippen MR) is 159 cm³/mol. The van der Waals surface area contributed by atoms with E-state index in [1.54, 1.807) is 10.9 Å². The summed E-state index contributed by atoms with van der Waals surface area (Å²) >= 11 is 0. The number of benzene rings is 1. The number of hydrogen-bond acceptors (Lipinski definition) is 6. The van der Waals surface area contributed by atoms with Crippen molar-refractivity contribution in [2.75, 3.05) is 26.2 Å². The van der Waals surface area contributed by atoms with Gasteiger partial charge in [0, 0.05) is 56.7 Å². The Morgan fingerprint density at radius 2 is 1.95 bits per heavy atom. The standard InChI is InChI=1S/C32H43N7O3/c1-4-10-24-13-6-7-16-38(24)32(41)37-15-9-12-23(20-37)22-11-8-14-25(17-22)39-30(28(19-33-39)31(40)42-5-2)27-18-26(27)29-21-36(3)35-34-29/h8,11,14,17,19,21,23-24,26-27H,4-7,9-10,12-13,15-16,18,20H2,1-3H3/t23?,24?,26-,27-/m1/s1. The van der Waals surface area contributed by atoms with Gasteiger partial charge in [-0.3, -0.25) is 4.68 Å². The monoisotopic (exact) mass is 573 g/mol. The van der Waals surface area contributed by atoms with Gasteiger partial charge in [0.15, 0.2) is 0 Å². The van der Waals surface area contributed by atoms with E-state index in [2.05, 4.69) is 45.2 Å². The maximum atomic E-state index is 13.7. The van der Waals surface area contributed by atoms with Crippen molar-refractivity contribution < 1.29 is 14.3 Å². The van der Waals surface area contributed by atoms with E-state index in [4.69, 9.17) is 9.84 Å². The van der Waals surface area contributed by atoms with E-state index in [0.717, 1.165) is 81.7 Å². The Morgan fingerprint density at radius 1 is 1.07 bits per heavy atom. The average Bonchev–Trinajstić information content (AvgIpc) is 3.46.